The fourth-order valence-electron chi connectivity index (χ4n) is 1.91. The van der Waals surface area contributed by atoms with Crippen molar-refractivity contribution in [1.29, 1.82) is 0 Å². The number of nitrogens with two attached hydrogens (primary N) is 1. The highest BCUT2D eigenvalue weighted by Gasteiger charge is 2.59. The van der Waals surface area contributed by atoms with E-state index in [1.165, 1.54) is 0 Å². The van der Waals surface area contributed by atoms with Crippen LogP contribution in [0.4, 0.5) is 64.1 Å². The number of nitro benzene ring substituents is 1. The van der Waals surface area contributed by atoms with Crippen molar-refractivity contribution in [3.8, 4) is 0 Å². The molecule has 178 valence electrons. The van der Waals surface area contributed by atoms with Crippen LogP contribution in [0.5, 0.6) is 0 Å². The Morgan fingerprint density at radius 3 is 1.41 bits per heavy atom. The van der Waals surface area contributed by atoms with Crippen LogP contribution in [0, 0.1) is 21.7 Å². The van der Waals surface area contributed by atoms with E-state index in [0.29, 0.717) is 12.1 Å². The zero-order chi connectivity index (χ0) is 25.3. The standard InChI is InChI=1S/C8H3F6NO2.C8H5F6N/c9-5-2-1-4(3-6(5)15(16)17)7(10,11)8(12,13)14;9-5-2-1-4(3-6(5)15)7(10,11)8(12,13)14/h1-3H;1-3H,15H2. The number of nitrogens with zero attached hydrogens (tertiary/aromatic N) is 1. The van der Waals surface area contributed by atoms with Gasteiger partial charge in [0.1, 0.15) is 5.82 Å². The van der Waals surface area contributed by atoms with E-state index in [9.17, 15) is 62.8 Å². The summed E-state index contributed by atoms with van der Waals surface area (Å²) in [4.78, 5) is 8.81. The molecule has 0 unspecified atom stereocenters. The van der Waals surface area contributed by atoms with Gasteiger partial charge in [-0.3, -0.25) is 10.1 Å². The first-order valence-corrected chi connectivity index (χ1v) is 7.62. The van der Waals surface area contributed by atoms with Gasteiger partial charge in [-0.2, -0.15) is 48.3 Å². The summed E-state index contributed by atoms with van der Waals surface area (Å²) >= 11 is 0. The van der Waals surface area contributed by atoms with Gasteiger partial charge < -0.3 is 5.73 Å². The smallest absolute Gasteiger partial charge is 0.396 e. The van der Waals surface area contributed by atoms with Crippen molar-refractivity contribution in [1.82, 2.24) is 0 Å². The van der Waals surface area contributed by atoms with Crippen LogP contribution in [0.25, 0.3) is 0 Å². The van der Waals surface area contributed by atoms with Crippen molar-refractivity contribution >= 4 is 11.4 Å². The average Bonchev–Trinajstić information content (AvgIpc) is 2.62. The third kappa shape index (κ3) is 5.53. The summed E-state index contributed by atoms with van der Waals surface area (Å²) in [5.41, 5.74) is -0.370. The molecule has 2 N–H and O–H groups in total. The summed E-state index contributed by atoms with van der Waals surface area (Å²) in [5.74, 6) is -12.8. The van der Waals surface area contributed by atoms with Crippen LogP contribution in [0.15, 0.2) is 36.4 Å². The number of hydrogen-bond acceptors (Lipinski definition) is 3. The fraction of sp³-hybridized carbons (Fsp3) is 0.250. The second-order valence-electron chi connectivity index (χ2n) is 5.80. The molecule has 0 saturated carbocycles. The molecule has 16 heteroatoms. The summed E-state index contributed by atoms with van der Waals surface area (Å²) in [6.45, 7) is 0. The van der Waals surface area contributed by atoms with Crippen molar-refractivity contribution in [3.63, 3.8) is 0 Å². The average molecular weight is 488 g/mol. The minimum Gasteiger partial charge on any atom is -0.396 e. The summed E-state index contributed by atoms with van der Waals surface area (Å²) in [6.07, 6.45) is -11.6. The Morgan fingerprint density at radius 1 is 0.688 bits per heavy atom. The molecule has 4 nitrogen and oxygen atoms in total. The molecule has 0 aliphatic carbocycles. The molecule has 0 heterocycles. The lowest BCUT2D eigenvalue weighted by molar-refractivity contribution is -0.387. The third-order valence-electron chi connectivity index (χ3n) is 3.58. The molecule has 0 radical (unpaired) electrons. The maximum absolute atomic E-state index is 12.8. The van der Waals surface area contributed by atoms with Crippen LogP contribution in [0.1, 0.15) is 11.1 Å². The molecule has 0 fully saturated rings. The zero-order valence-corrected chi connectivity index (χ0v) is 14.8. The molecular formula is C16H8F12N2O2. The molecule has 0 aliphatic rings. The van der Waals surface area contributed by atoms with Crippen LogP contribution in [0.3, 0.4) is 0 Å². The molecule has 0 spiro atoms. The Balaban J connectivity index is 0.000000323. The molecule has 0 atom stereocenters. The lowest BCUT2D eigenvalue weighted by atomic mass is 10.1. The molecular weight excluding hydrogens is 480 g/mol. The minimum atomic E-state index is -5.90. The normalized spacial score (nSPS) is 12.8. The Kier molecular flexibility index (Phi) is 7.33. The maximum atomic E-state index is 12.8. The van der Waals surface area contributed by atoms with Crippen molar-refractivity contribution in [2.45, 2.75) is 24.2 Å². The molecule has 0 saturated heterocycles. The number of hydrogen-bond donors (Lipinski definition) is 1. The van der Waals surface area contributed by atoms with Crippen LogP contribution >= 0.6 is 0 Å². The van der Waals surface area contributed by atoms with Gasteiger partial charge in [-0.15, -0.1) is 0 Å². The van der Waals surface area contributed by atoms with E-state index in [0.717, 1.165) is 0 Å². The Morgan fingerprint density at radius 2 is 1.06 bits per heavy atom. The van der Waals surface area contributed by atoms with Gasteiger partial charge >= 0.3 is 29.9 Å². The van der Waals surface area contributed by atoms with Crippen LogP contribution in [-0.4, -0.2) is 17.3 Å². The molecule has 2 aromatic rings. The number of nitro groups is 1. The molecule has 32 heavy (non-hydrogen) atoms. The van der Waals surface area contributed by atoms with Crippen LogP contribution in [-0.2, 0) is 11.8 Å². The maximum Gasteiger partial charge on any atom is 0.458 e. The SMILES string of the molecule is Nc1cc(C(F)(F)C(F)(F)F)ccc1F.O=[N+]([O-])c1cc(C(F)(F)C(F)(F)F)ccc1F. The van der Waals surface area contributed by atoms with Gasteiger partial charge in [0.15, 0.2) is 0 Å². The Labute approximate surface area is 169 Å². The molecule has 0 aliphatic heterocycles. The highest BCUT2D eigenvalue weighted by molar-refractivity contribution is 5.44. The van der Waals surface area contributed by atoms with Gasteiger partial charge in [-0.05, 0) is 30.3 Å². The summed E-state index contributed by atoms with van der Waals surface area (Å²) in [5, 5.41) is 10.2. The first-order chi connectivity index (χ1) is 14.2. The zero-order valence-electron chi connectivity index (χ0n) is 14.8. The van der Waals surface area contributed by atoms with E-state index in [4.69, 9.17) is 5.73 Å². The second kappa shape index (κ2) is 8.74. The van der Waals surface area contributed by atoms with Crippen molar-refractivity contribution in [2.24, 2.45) is 0 Å². The summed E-state index contributed by atoms with van der Waals surface area (Å²) < 4.78 is 148. The third-order valence-corrected chi connectivity index (χ3v) is 3.58. The number of nitrogen functional groups attached to an aromatic ring is 1. The van der Waals surface area contributed by atoms with Crippen LogP contribution < -0.4 is 5.73 Å². The highest BCUT2D eigenvalue weighted by atomic mass is 19.4. The van der Waals surface area contributed by atoms with Gasteiger partial charge in [0, 0.05) is 17.2 Å². The second-order valence-corrected chi connectivity index (χ2v) is 5.80. The van der Waals surface area contributed by atoms with Crippen molar-refractivity contribution in [3.05, 3.63) is 69.3 Å². The van der Waals surface area contributed by atoms with E-state index in [1.54, 1.807) is 0 Å². The van der Waals surface area contributed by atoms with E-state index in [-0.39, 0.29) is 24.3 Å². The van der Waals surface area contributed by atoms with Crippen molar-refractivity contribution < 1.29 is 57.6 Å². The molecule has 0 bridgehead atoms. The highest BCUT2D eigenvalue weighted by Crippen LogP contribution is 2.45. The predicted octanol–water partition coefficient (Wildman–Crippen LogP) is 6.45. The Hall–Kier alpha value is -3.20. The number of benzene rings is 2. The van der Waals surface area contributed by atoms with Gasteiger partial charge in [-0.25, -0.2) is 4.39 Å². The number of halogens is 12. The van der Waals surface area contributed by atoms with Gasteiger partial charge in [0.25, 0.3) is 0 Å². The molecule has 0 aromatic heterocycles. The number of rotatable bonds is 3. The number of alkyl halides is 10. The van der Waals surface area contributed by atoms with Gasteiger partial charge in [0.2, 0.25) is 5.82 Å². The predicted molar refractivity (Wildman–Crippen MR) is 83.8 cm³/mol. The monoisotopic (exact) mass is 488 g/mol. The first-order valence-electron chi connectivity index (χ1n) is 7.62. The largest absolute Gasteiger partial charge is 0.458 e. The summed E-state index contributed by atoms with van der Waals surface area (Å²) in [6, 6.07) is 1.28. The first kappa shape index (κ1) is 26.8. The van der Waals surface area contributed by atoms with E-state index < -0.39 is 63.3 Å². The van der Waals surface area contributed by atoms with E-state index in [2.05, 4.69) is 0 Å². The van der Waals surface area contributed by atoms with Crippen molar-refractivity contribution in [2.75, 3.05) is 5.73 Å². The molecule has 2 rings (SSSR count). The lowest BCUT2D eigenvalue weighted by Crippen LogP contribution is -2.33. The Bertz CT molecular complexity index is 986. The fourth-order valence-corrected chi connectivity index (χ4v) is 1.91. The van der Waals surface area contributed by atoms with Crippen LogP contribution in [0.2, 0.25) is 0 Å². The quantitative estimate of drug-likeness (QED) is 0.234. The molecule has 2 aromatic carbocycles. The lowest BCUT2D eigenvalue weighted by Gasteiger charge is -2.20. The van der Waals surface area contributed by atoms with E-state index in [1.807, 2.05) is 0 Å². The molecule has 0 amide bonds. The van der Waals surface area contributed by atoms with Gasteiger partial charge in [0.05, 0.1) is 10.6 Å². The summed E-state index contributed by atoms with van der Waals surface area (Å²) in [7, 11) is 0. The van der Waals surface area contributed by atoms with Gasteiger partial charge in [-0.1, -0.05) is 0 Å². The van der Waals surface area contributed by atoms with E-state index >= 15 is 0 Å². The topological polar surface area (TPSA) is 69.2 Å². The number of anilines is 1. The minimum absolute atomic E-state index is 0.136.